The van der Waals surface area contributed by atoms with Crippen molar-refractivity contribution in [3.8, 4) is 5.75 Å². The number of nitrogens with zero attached hydrogens (tertiary/aromatic N) is 1. The van der Waals surface area contributed by atoms with Gasteiger partial charge in [0.1, 0.15) is 18.5 Å². The van der Waals surface area contributed by atoms with Gasteiger partial charge in [-0.3, -0.25) is 9.08 Å². The first-order valence-electron chi connectivity index (χ1n) is 5.47. The third kappa shape index (κ3) is 3.58. The first kappa shape index (κ1) is 13.6. The molecule has 1 aromatic carbocycles. The molecule has 0 spiro atoms. The molecule has 1 N–H and O–H groups in total. The summed E-state index contributed by atoms with van der Waals surface area (Å²) in [6.45, 7) is -0.0156. The number of aromatic hydroxyl groups is 1. The van der Waals surface area contributed by atoms with Gasteiger partial charge < -0.3 is 9.84 Å². The maximum atomic E-state index is 11.6. The van der Waals surface area contributed by atoms with Crippen LogP contribution in [0, 0.1) is 0 Å². The second-order valence-electron chi connectivity index (χ2n) is 4.12. The second-order valence-corrected chi connectivity index (χ2v) is 5.77. The topological polar surface area (TPSA) is 93.1 Å². The van der Waals surface area contributed by atoms with Crippen LogP contribution in [0.5, 0.6) is 5.75 Å². The number of hydrogen-bond acceptors (Lipinski definition) is 6. The van der Waals surface area contributed by atoms with E-state index in [1.165, 1.54) is 17.0 Å². The zero-order valence-electron chi connectivity index (χ0n) is 10.1. The molecule has 8 heteroatoms. The lowest BCUT2D eigenvalue weighted by Gasteiger charge is -2.12. The van der Waals surface area contributed by atoms with Gasteiger partial charge in [-0.2, -0.15) is 8.42 Å². The van der Waals surface area contributed by atoms with E-state index in [0.29, 0.717) is 5.69 Å². The summed E-state index contributed by atoms with van der Waals surface area (Å²) in [6, 6.07) is 6.03. The molecule has 0 radical (unpaired) electrons. The normalized spacial score (nSPS) is 19.5. The van der Waals surface area contributed by atoms with Crippen molar-refractivity contribution < 1.29 is 27.2 Å². The minimum Gasteiger partial charge on any atom is -0.508 e. The fourth-order valence-corrected chi connectivity index (χ4v) is 2.05. The van der Waals surface area contributed by atoms with Crippen molar-refractivity contribution in [3.05, 3.63) is 24.3 Å². The molecule has 1 heterocycles. The molecule has 0 aliphatic carbocycles. The molecule has 2 rings (SSSR count). The number of phenols is 1. The molecule has 0 bridgehead atoms. The first-order chi connectivity index (χ1) is 8.85. The van der Waals surface area contributed by atoms with Crippen molar-refractivity contribution in [2.75, 3.05) is 24.3 Å². The van der Waals surface area contributed by atoms with Crippen LogP contribution in [0.25, 0.3) is 0 Å². The fourth-order valence-electron chi connectivity index (χ4n) is 1.65. The van der Waals surface area contributed by atoms with Crippen LogP contribution in [0.1, 0.15) is 0 Å². The van der Waals surface area contributed by atoms with Gasteiger partial charge in [0, 0.05) is 5.69 Å². The van der Waals surface area contributed by atoms with Crippen LogP contribution >= 0.6 is 0 Å². The summed E-state index contributed by atoms with van der Waals surface area (Å²) < 4.78 is 31.3. The Balaban J connectivity index is 2.01. The summed E-state index contributed by atoms with van der Waals surface area (Å²) in [4.78, 5) is 13.0. The Labute approximate surface area is 110 Å². The number of rotatable bonds is 4. The lowest BCUT2D eigenvalue weighted by molar-refractivity contribution is 0.107. The molecule has 1 aromatic rings. The number of phenolic OH excluding ortho intramolecular Hbond substituents is 1. The van der Waals surface area contributed by atoms with Gasteiger partial charge in [-0.15, -0.1) is 0 Å². The van der Waals surface area contributed by atoms with Crippen LogP contribution in [0.4, 0.5) is 10.5 Å². The Morgan fingerprint density at radius 2 is 2.05 bits per heavy atom. The van der Waals surface area contributed by atoms with E-state index < -0.39 is 22.3 Å². The molecule has 1 fully saturated rings. The predicted octanol–water partition coefficient (Wildman–Crippen LogP) is 0.694. The lowest BCUT2D eigenvalue weighted by atomic mass is 10.2. The predicted molar refractivity (Wildman–Crippen MR) is 66.5 cm³/mol. The summed E-state index contributed by atoms with van der Waals surface area (Å²) in [5, 5.41) is 9.17. The smallest absolute Gasteiger partial charge is 0.414 e. The number of benzene rings is 1. The summed E-state index contributed by atoms with van der Waals surface area (Å²) in [5.41, 5.74) is 0.560. The summed E-state index contributed by atoms with van der Waals surface area (Å²) in [6.07, 6.45) is -0.287. The molecule has 1 aliphatic heterocycles. The highest BCUT2D eigenvalue weighted by molar-refractivity contribution is 7.85. The Morgan fingerprint density at radius 1 is 1.42 bits per heavy atom. The van der Waals surface area contributed by atoms with Gasteiger partial charge in [-0.1, -0.05) is 0 Å². The number of carbonyl (C=O) groups excluding carboxylic acids is 1. The van der Waals surface area contributed by atoms with Gasteiger partial charge in [-0.25, -0.2) is 4.79 Å². The number of ether oxygens (including phenoxy) is 1. The van der Waals surface area contributed by atoms with Crippen LogP contribution in [0.15, 0.2) is 24.3 Å². The van der Waals surface area contributed by atoms with Gasteiger partial charge >= 0.3 is 6.09 Å². The van der Waals surface area contributed by atoms with Crippen LogP contribution in [0.2, 0.25) is 0 Å². The minimum atomic E-state index is -3.56. The second kappa shape index (κ2) is 5.06. The van der Waals surface area contributed by atoms with Gasteiger partial charge in [0.2, 0.25) is 0 Å². The largest absolute Gasteiger partial charge is 0.508 e. The van der Waals surface area contributed by atoms with Crippen LogP contribution in [-0.4, -0.2) is 45.1 Å². The van der Waals surface area contributed by atoms with E-state index in [1.54, 1.807) is 12.1 Å². The summed E-state index contributed by atoms with van der Waals surface area (Å²) in [5.74, 6) is 0.0910. The molecule has 104 valence electrons. The number of amides is 1. The molecular formula is C11H13NO6S. The van der Waals surface area contributed by atoms with Crippen LogP contribution in [0.3, 0.4) is 0 Å². The molecule has 0 aromatic heterocycles. The lowest BCUT2D eigenvalue weighted by Crippen LogP contribution is -2.26. The van der Waals surface area contributed by atoms with Gasteiger partial charge in [-0.05, 0) is 24.3 Å². The van der Waals surface area contributed by atoms with Crippen LogP contribution < -0.4 is 4.90 Å². The fraction of sp³-hybridized carbons (Fsp3) is 0.364. The van der Waals surface area contributed by atoms with Crippen molar-refractivity contribution >= 4 is 21.9 Å². The third-order valence-corrected chi connectivity index (χ3v) is 3.07. The van der Waals surface area contributed by atoms with E-state index in [0.717, 1.165) is 6.26 Å². The van der Waals surface area contributed by atoms with E-state index >= 15 is 0 Å². The van der Waals surface area contributed by atoms with Crippen molar-refractivity contribution in [3.63, 3.8) is 0 Å². The first-order valence-corrected chi connectivity index (χ1v) is 7.28. The molecule has 1 aliphatic rings. The van der Waals surface area contributed by atoms with Gasteiger partial charge in [0.05, 0.1) is 12.8 Å². The molecule has 1 atom stereocenters. The molecule has 7 nitrogen and oxygen atoms in total. The molecule has 19 heavy (non-hydrogen) atoms. The van der Waals surface area contributed by atoms with Crippen molar-refractivity contribution in [2.24, 2.45) is 0 Å². The van der Waals surface area contributed by atoms with Crippen molar-refractivity contribution in [1.82, 2.24) is 0 Å². The van der Waals surface area contributed by atoms with E-state index in [1.807, 2.05) is 0 Å². The highest BCUT2D eigenvalue weighted by Crippen LogP contribution is 2.23. The summed E-state index contributed by atoms with van der Waals surface area (Å²) in [7, 11) is -3.56. The van der Waals surface area contributed by atoms with E-state index in [9.17, 15) is 13.2 Å². The zero-order valence-corrected chi connectivity index (χ0v) is 11.0. The Bertz CT molecular complexity index is 567. The van der Waals surface area contributed by atoms with Crippen LogP contribution in [-0.2, 0) is 19.0 Å². The number of anilines is 1. The maximum absolute atomic E-state index is 11.6. The third-order valence-electron chi connectivity index (χ3n) is 2.50. The standard InChI is InChI=1S/C11H13NO6S/c1-19(15,16)17-7-10-6-12(11(14)18-10)8-2-4-9(13)5-3-8/h2-5,10,13H,6-7H2,1H3/t10-/m1/s1. The highest BCUT2D eigenvalue weighted by atomic mass is 32.2. The SMILES string of the molecule is CS(=O)(=O)OC[C@H]1CN(c2ccc(O)cc2)C(=O)O1. The number of carbonyl (C=O) groups is 1. The van der Waals surface area contributed by atoms with E-state index in [2.05, 4.69) is 4.18 Å². The van der Waals surface area contributed by atoms with Gasteiger partial charge in [0.15, 0.2) is 0 Å². The number of cyclic esters (lactones) is 1. The zero-order chi connectivity index (χ0) is 14.0. The van der Waals surface area contributed by atoms with Gasteiger partial charge in [0.25, 0.3) is 10.1 Å². The molecule has 0 saturated carbocycles. The minimum absolute atomic E-state index is 0.0910. The van der Waals surface area contributed by atoms with Crippen molar-refractivity contribution in [2.45, 2.75) is 6.10 Å². The summed E-state index contributed by atoms with van der Waals surface area (Å²) >= 11 is 0. The average molecular weight is 287 g/mol. The van der Waals surface area contributed by atoms with E-state index in [-0.39, 0.29) is 18.9 Å². The van der Waals surface area contributed by atoms with E-state index in [4.69, 9.17) is 9.84 Å². The molecule has 1 amide bonds. The average Bonchev–Trinajstić information content (AvgIpc) is 2.68. The molecule has 0 unspecified atom stereocenters. The Morgan fingerprint density at radius 3 is 2.63 bits per heavy atom. The van der Waals surface area contributed by atoms with Crippen molar-refractivity contribution in [1.29, 1.82) is 0 Å². The number of hydrogen-bond donors (Lipinski definition) is 1. The monoisotopic (exact) mass is 287 g/mol. The molecular weight excluding hydrogens is 274 g/mol. The quantitative estimate of drug-likeness (QED) is 0.819. The molecule has 1 saturated heterocycles. The Hall–Kier alpha value is -1.80. The Kier molecular flexibility index (Phi) is 3.63. The highest BCUT2D eigenvalue weighted by Gasteiger charge is 2.33. The maximum Gasteiger partial charge on any atom is 0.414 e.